The van der Waals surface area contributed by atoms with Crippen LogP contribution in [0.5, 0.6) is 0 Å². The fourth-order valence-electron chi connectivity index (χ4n) is 2.67. The lowest BCUT2D eigenvalue weighted by atomic mass is 10.1. The zero-order valence-electron chi connectivity index (χ0n) is 13.0. The van der Waals surface area contributed by atoms with Crippen LogP contribution >= 0.6 is 0 Å². The third kappa shape index (κ3) is 2.46. The first-order valence-corrected chi connectivity index (χ1v) is 7.60. The molecule has 5 heteroatoms. The van der Waals surface area contributed by atoms with E-state index in [1.54, 1.807) is 25.4 Å². The molecule has 0 spiro atoms. The van der Waals surface area contributed by atoms with E-state index in [2.05, 4.69) is 15.1 Å². The van der Waals surface area contributed by atoms with Gasteiger partial charge < -0.3 is 0 Å². The molecule has 0 aliphatic carbocycles. The maximum Gasteiger partial charge on any atom is 0.282 e. The molecule has 0 unspecified atom stereocenters. The molecule has 0 radical (unpaired) electrons. The Morgan fingerprint density at radius 1 is 1.04 bits per heavy atom. The summed E-state index contributed by atoms with van der Waals surface area (Å²) < 4.78 is 1.33. The Morgan fingerprint density at radius 2 is 1.92 bits per heavy atom. The number of para-hydroxylation sites is 1. The number of aromatic nitrogens is 3. The van der Waals surface area contributed by atoms with Gasteiger partial charge in [0.1, 0.15) is 5.82 Å². The number of hydrogen-bond acceptors (Lipinski definition) is 4. The van der Waals surface area contributed by atoms with Crippen molar-refractivity contribution in [2.75, 3.05) is 0 Å². The summed E-state index contributed by atoms with van der Waals surface area (Å²) in [5.41, 5.74) is 2.34. The fraction of sp³-hybridized carbons (Fsp3) is 0.0526. The van der Waals surface area contributed by atoms with Crippen molar-refractivity contribution in [3.05, 3.63) is 82.5 Å². The maximum absolute atomic E-state index is 12.6. The summed E-state index contributed by atoms with van der Waals surface area (Å²) in [7, 11) is 0. The normalized spacial score (nSPS) is 11.5. The van der Waals surface area contributed by atoms with Gasteiger partial charge in [0.25, 0.3) is 5.56 Å². The fourth-order valence-corrected chi connectivity index (χ4v) is 2.67. The second-order valence-electron chi connectivity index (χ2n) is 5.49. The lowest BCUT2D eigenvalue weighted by Gasteiger charge is -2.05. The molecule has 0 saturated heterocycles. The second-order valence-corrected chi connectivity index (χ2v) is 5.49. The largest absolute Gasteiger partial charge is 0.282 e. The highest BCUT2D eigenvalue weighted by Gasteiger charge is 2.06. The Kier molecular flexibility index (Phi) is 3.39. The standard InChI is InChI=1S/C19H14N4O/c1-13-22-18-7-3-2-6-16(18)19(24)23(13)21-12-14-8-9-17-15(11-14)5-4-10-20-17/h2-12H,1H3/b21-12+. The van der Waals surface area contributed by atoms with Crippen LogP contribution in [-0.4, -0.2) is 20.9 Å². The van der Waals surface area contributed by atoms with E-state index in [0.717, 1.165) is 16.5 Å². The van der Waals surface area contributed by atoms with Gasteiger partial charge in [-0.2, -0.15) is 9.78 Å². The molecule has 2 aromatic heterocycles. The smallest absolute Gasteiger partial charge is 0.267 e. The van der Waals surface area contributed by atoms with Crippen LogP contribution in [0.25, 0.3) is 21.8 Å². The molecule has 0 bridgehead atoms. The van der Waals surface area contributed by atoms with Crippen molar-refractivity contribution in [1.29, 1.82) is 0 Å². The van der Waals surface area contributed by atoms with Crippen molar-refractivity contribution in [3.63, 3.8) is 0 Å². The zero-order chi connectivity index (χ0) is 16.5. The van der Waals surface area contributed by atoms with Crippen molar-refractivity contribution >= 4 is 28.0 Å². The van der Waals surface area contributed by atoms with E-state index in [0.29, 0.717) is 16.7 Å². The minimum Gasteiger partial charge on any atom is -0.267 e. The van der Waals surface area contributed by atoms with E-state index < -0.39 is 0 Å². The van der Waals surface area contributed by atoms with Gasteiger partial charge in [0.2, 0.25) is 0 Å². The number of aryl methyl sites for hydroxylation is 1. The summed E-state index contributed by atoms with van der Waals surface area (Å²) in [6, 6.07) is 17.0. The van der Waals surface area contributed by atoms with Crippen molar-refractivity contribution in [2.24, 2.45) is 5.10 Å². The number of benzene rings is 2. The third-order valence-corrected chi connectivity index (χ3v) is 3.86. The molecule has 4 rings (SSSR count). The lowest BCUT2D eigenvalue weighted by molar-refractivity contribution is 0.771. The van der Waals surface area contributed by atoms with Crippen LogP contribution in [0.4, 0.5) is 0 Å². The van der Waals surface area contributed by atoms with E-state index in [-0.39, 0.29) is 5.56 Å². The van der Waals surface area contributed by atoms with Crippen LogP contribution < -0.4 is 5.56 Å². The highest BCUT2D eigenvalue weighted by molar-refractivity contribution is 5.88. The SMILES string of the molecule is Cc1nc2ccccc2c(=O)n1/N=C/c1ccc2ncccc2c1. The highest BCUT2D eigenvalue weighted by atomic mass is 16.1. The van der Waals surface area contributed by atoms with Gasteiger partial charge >= 0.3 is 0 Å². The topological polar surface area (TPSA) is 60.1 Å². The molecule has 2 heterocycles. The highest BCUT2D eigenvalue weighted by Crippen LogP contribution is 2.12. The summed E-state index contributed by atoms with van der Waals surface area (Å²) >= 11 is 0. The summed E-state index contributed by atoms with van der Waals surface area (Å²) in [5, 5.41) is 5.92. The molecule has 0 aliphatic heterocycles. The average molecular weight is 314 g/mol. The van der Waals surface area contributed by atoms with E-state index in [4.69, 9.17) is 0 Å². The van der Waals surface area contributed by atoms with Gasteiger partial charge in [-0.1, -0.05) is 24.3 Å². The minimum atomic E-state index is -0.170. The lowest BCUT2D eigenvalue weighted by Crippen LogP contribution is -2.20. The van der Waals surface area contributed by atoms with E-state index in [9.17, 15) is 4.79 Å². The van der Waals surface area contributed by atoms with Crippen LogP contribution in [0, 0.1) is 6.92 Å². The van der Waals surface area contributed by atoms with Crippen LogP contribution in [-0.2, 0) is 0 Å². The van der Waals surface area contributed by atoms with Crippen LogP contribution in [0.15, 0.2) is 70.7 Å². The second kappa shape index (κ2) is 5.70. The number of nitrogens with zero attached hydrogens (tertiary/aromatic N) is 4. The first kappa shape index (κ1) is 14.3. The van der Waals surface area contributed by atoms with Crippen LogP contribution in [0.1, 0.15) is 11.4 Å². The molecule has 24 heavy (non-hydrogen) atoms. The molecule has 116 valence electrons. The van der Waals surface area contributed by atoms with Crippen LogP contribution in [0.3, 0.4) is 0 Å². The molecular weight excluding hydrogens is 300 g/mol. The van der Waals surface area contributed by atoms with Gasteiger partial charge in [0.15, 0.2) is 0 Å². The number of rotatable bonds is 2. The quantitative estimate of drug-likeness (QED) is 0.534. The Morgan fingerprint density at radius 3 is 2.83 bits per heavy atom. The summed E-state index contributed by atoms with van der Waals surface area (Å²) in [6.45, 7) is 1.77. The number of hydrogen-bond donors (Lipinski definition) is 0. The maximum atomic E-state index is 12.6. The van der Waals surface area contributed by atoms with Crippen molar-refractivity contribution in [1.82, 2.24) is 14.6 Å². The van der Waals surface area contributed by atoms with Gasteiger partial charge in [-0.05, 0) is 42.8 Å². The zero-order valence-corrected chi connectivity index (χ0v) is 13.0. The molecule has 0 saturated carbocycles. The van der Waals surface area contributed by atoms with Gasteiger partial charge in [-0.25, -0.2) is 4.98 Å². The Hall–Kier alpha value is -3.34. The molecular formula is C19H14N4O. The minimum absolute atomic E-state index is 0.170. The summed E-state index contributed by atoms with van der Waals surface area (Å²) in [4.78, 5) is 21.3. The van der Waals surface area contributed by atoms with Gasteiger partial charge in [0, 0.05) is 11.6 Å². The summed E-state index contributed by atoms with van der Waals surface area (Å²) in [6.07, 6.45) is 3.43. The van der Waals surface area contributed by atoms with Crippen LogP contribution in [0.2, 0.25) is 0 Å². The van der Waals surface area contributed by atoms with Crippen molar-refractivity contribution < 1.29 is 0 Å². The van der Waals surface area contributed by atoms with Gasteiger partial charge in [-0.3, -0.25) is 9.78 Å². The molecule has 5 nitrogen and oxygen atoms in total. The van der Waals surface area contributed by atoms with E-state index in [1.165, 1.54) is 4.68 Å². The molecule has 0 atom stereocenters. The van der Waals surface area contributed by atoms with Gasteiger partial charge in [-0.15, -0.1) is 0 Å². The Labute approximate surface area is 137 Å². The predicted molar refractivity (Wildman–Crippen MR) is 95.5 cm³/mol. The summed E-state index contributed by atoms with van der Waals surface area (Å²) in [5.74, 6) is 0.553. The van der Waals surface area contributed by atoms with E-state index >= 15 is 0 Å². The molecule has 2 aromatic carbocycles. The van der Waals surface area contributed by atoms with Crippen molar-refractivity contribution in [2.45, 2.75) is 6.92 Å². The molecule has 0 aliphatic rings. The van der Waals surface area contributed by atoms with E-state index in [1.807, 2.05) is 48.5 Å². The Bertz CT molecular complexity index is 1140. The first-order valence-electron chi connectivity index (χ1n) is 7.60. The molecule has 0 fully saturated rings. The number of pyridine rings is 1. The van der Waals surface area contributed by atoms with Gasteiger partial charge in [0.05, 0.1) is 22.6 Å². The average Bonchev–Trinajstić information content (AvgIpc) is 2.61. The first-order chi connectivity index (χ1) is 11.7. The Balaban J connectivity index is 1.80. The third-order valence-electron chi connectivity index (χ3n) is 3.86. The van der Waals surface area contributed by atoms with Crippen molar-refractivity contribution in [3.8, 4) is 0 Å². The predicted octanol–water partition coefficient (Wildman–Crippen LogP) is 3.14. The monoisotopic (exact) mass is 314 g/mol. The molecule has 0 N–H and O–H groups in total. The molecule has 0 amide bonds. The molecule has 4 aromatic rings. The number of fused-ring (bicyclic) bond motifs is 2.